The number of anilines is 1. The minimum atomic E-state index is -0.369. The summed E-state index contributed by atoms with van der Waals surface area (Å²) < 4.78 is 5.39. The Morgan fingerprint density at radius 3 is 2.71 bits per heavy atom. The minimum absolute atomic E-state index is 0.0268. The molecule has 0 radical (unpaired) electrons. The van der Waals surface area contributed by atoms with Gasteiger partial charge in [0.2, 0.25) is 0 Å². The molecular formula is C18H25N3O3. The number of hydrogen-bond acceptors (Lipinski definition) is 4. The molecule has 2 saturated heterocycles. The molecule has 130 valence electrons. The number of benzene rings is 1. The van der Waals surface area contributed by atoms with Gasteiger partial charge in [0.05, 0.1) is 0 Å². The van der Waals surface area contributed by atoms with Gasteiger partial charge in [0.1, 0.15) is 6.10 Å². The zero-order chi connectivity index (χ0) is 16.9. The maximum atomic E-state index is 12.7. The second-order valence-corrected chi connectivity index (χ2v) is 6.30. The van der Waals surface area contributed by atoms with Crippen LogP contribution in [0.25, 0.3) is 0 Å². The van der Waals surface area contributed by atoms with Gasteiger partial charge in [0, 0.05) is 44.0 Å². The fourth-order valence-electron chi connectivity index (χ4n) is 3.19. The second kappa shape index (κ2) is 7.77. The van der Waals surface area contributed by atoms with Gasteiger partial charge in [-0.2, -0.15) is 0 Å². The summed E-state index contributed by atoms with van der Waals surface area (Å²) in [7, 11) is 0. The molecule has 6 nitrogen and oxygen atoms in total. The van der Waals surface area contributed by atoms with Gasteiger partial charge in [-0.05, 0) is 37.6 Å². The second-order valence-electron chi connectivity index (χ2n) is 6.30. The number of carbonyl (C=O) groups excluding carboxylic acids is 2. The molecule has 2 heterocycles. The van der Waals surface area contributed by atoms with Gasteiger partial charge in [-0.3, -0.25) is 9.59 Å². The molecule has 24 heavy (non-hydrogen) atoms. The minimum Gasteiger partial charge on any atom is -0.368 e. The van der Waals surface area contributed by atoms with Crippen molar-refractivity contribution in [2.75, 3.05) is 44.6 Å². The number of piperazine rings is 1. The molecule has 0 bridgehead atoms. The topological polar surface area (TPSA) is 61.9 Å². The third-order valence-electron chi connectivity index (χ3n) is 4.71. The summed E-state index contributed by atoms with van der Waals surface area (Å²) in [6.45, 7) is 7.12. The lowest BCUT2D eigenvalue weighted by atomic mass is 10.1. The lowest BCUT2D eigenvalue weighted by molar-refractivity contribution is -0.124. The Kier molecular flexibility index (Phi) is 5.48. The summed E-state index contributed by atoms with van der Waals surface area (Å²) in [5, 5.41) is 2.86. The Balaban J connectivity index is 1.62. The van der Waals surface area contributed by atoms with Gasteiger partial charge >= 0.3 is 0 Å². The molecule has 2 fully saturated rings. The van der Waals surface area contributed by atoms with Crippen molar-refractivity contribution in [3.63, 3.8) is 0 Å². The van der Waals surface area contributed by atoms with E-state index in [0.717, 1.165) is 45.6 Å². The molecule has 0 saturated carbocycles. The monoisotopic (exact) mass is 331 g/mol. The van der Waals surface area contributed by atoms with Crippen LogP contribution in [0.1, 0.15) is 30.1 Å². The molecule has 2 aliphatic heterocycles. The highest BCUT2D eigenvalue weighted by Gasteiger charge is 2.24. The molecule has 0 spiro atoms. The van der Waals surface area contributed by atoms with E-state index in [4.69, 9.17) is 4.74 Å². The summed E-state index contributed by atoms with van der Waals surface area (Å²) in [4.78, 5) is 29.0. The van der Waals surface area contributed by atoms with E-state index in [1.165, 1.54) is 0 Å². The Hall–Kier alpha value is -1.92. The van der Waals surface area contributed by atoms with E-state index in [1.807, 2.05) is 4.90 Å². The first-order valence-electron chi connectivity index (χ1n) is 8.71. The largest absolute Gasteiger partial charge is 0.368 e. The zero-order valence-electron chi connectivity index (χ0n) is 14.2. The summed E-state index contributed by atoms with van der Waals surface area (Å²) in [5.74, 6) is -0.104. The van der Waals surface area contributed by atoms with Crippen molar-refractivity contribution in [3.05, 3.63) is 29.8 Å². The van der Waals surface area contributed by atoms with Crippen molar-refractivity contribution < 1.29 is 14.3 Å². The van der Waals surface area contributed by atoms with Crippen LogP contribution in [-0.2, 0) is 9.53 Å². The highest BCUT2D eigenvalue weighted by molar-refractivity contribution is 5.98. The number of likely N-dealkylation sites (N-methyl/N-ethyl adjacent to an activating group) is 1. The molecule has 0 aromatic heterocycles. The van der Waals surface area contributed by atoms with E-state index in [2.05, 4.69) is 17.1 Å². The van der Waals surface area contributed by atoms with Gasteiger partial charge < -0.3 is 19.9 Å². The van der Waals surface area contributed by atoms with Gasteiger partial charge in [-0.25, -0.2) is 0 Å². The van der Waals surface area contributed by atoms with E-state index < -0.39 is 0 Å². The maximum Gasteiger partial charge on any atom is 0.254 e. The van der Waals surface area contributed by atoms with E-state index in [1.54, 1.807) is 24.3 Å². The van der Waals surface area contributed by atoms with Crippen molar-refractivity contribution >= 4 is 17.5 Å². The Bertz CT molecular complexity index is 591. The number of rotatable bonds is 4. The average Bonchev–Trinajstić information content (AvgIpc) is 3.16. The Labute approximate surface area is 142 Å². The molecule has 6 heteroatoms. The van der Waals surface area contributed by atoms with Crippen LogP contribution < -0.4 is 5.32 Å². The van der Waals surface area contributed by atoms with Crippen molar-refractivity contribution in [2.24, 2.45) is 0 Å². The zero-order valence-corrected chi connectivity index (χ0v) is 14.2. The number of amides is 2. The average molecular weight is 331 g/mol. The van der Waals surface area contributed by atoms with Crippen molar-refractivity contribution in [1.29, 1.82) is 0 Å². The van der Waals surface area contributed by atoms with E-state index in [9.17, 15) is 9.59 Å². The first kappa shape index (κ1) is 16.9. The molecule has 1 N–H and O–H groups in total. The lowest BCUT2D eigenvalue weighted by Gasteiger charge is -2.34. The standard InChI is InChI=1S/C18H25N3O3/c1-2-20-8-10-21(11-9-20)18(23)14-5-3-6-15(13-14)19-17(22)16-7-4-12-24-16/h3,5-6,13,16H,2,4,7-12H2,1H3,(H,19,22). The van der Waals surface area contributed by atoms with E-state index in [-0.39, 0.29) is 17.9 Å². The van der Waals surface area contributed by atoms with Crippen LogP contribution in [0.5, 0.6) is 0 Å². The number of nitrogens with one attached hydrogen (secondary N) is 1. The SMILES string of the molecule is CCN1CCN(C(=O)c2cccc(NC(=O)C3CCCO3)c2)CC1. The highest BCUT2D eigenvalue weighted by atomic mass is 16.5. The van der Waals surface area contributed by atoms with Gasteiger partial charge in [0.15, 0.2) is 0 Å². The normalized spacial score (nSPS) is 21.7. The molecular weight excluding hydrogens is 306 g/mol. The highest BCUT2D eigenvalue weighted by Crippen LogP contribution is 2.17. The number of carbonyl (C=O) groups is 2. The van der Waals surface area contributed by atoms with Crippen molar-refractivity contribution in [1.82, 2.24) is 9.80 Å². The molecule has 2 aliphatic rings. The molecule has 0 aliphatic carbocycles. The van der Waals surface area contributed by atoms with Crippen LogP contribution in [0, 0.1) is 0 Å². The van der Waals surface area contributed by atoms with Crippen molar-refractivity contribution in [2.45, 2.75) is 25.9 Å². The predicted octanol–water partition coefficient (Wildman–Crippen LogP) is 1.58. The third kappa shape index (κ3) is 3.94. The summed E-state index contributed by atoms with van der Waals surface area (Å²) in [6.07, 6.45) is 1.30. The Morgan fingerprint density at radius 2 is 2.04 bits per heavy atom. The number of hydrogen-bond donors (Lipinski definition) is 1. The van der Waals surface area contributed by atoms with Crippen LogP contribution in [0.3, 0.4) is 0 Å². The van der Waals surface area contributed by atoms with Crippen LogP contribution in [-0.4, -0.2) is 67.0 Å². The van der Waals surface area contributed by atoms with Crippen LogP contribution in [0.4, 0.5) is 5.69 Å². The van der Waals surface area contributed by atoms with Gasteiger partial charge in [0.25, 0.3) is 11.8 Å². The predicted molar refractivity (Wildman–Crippen MR) is 92.1 cm³/mol. The summed E-state index contributed by atoms with van der Waals surface area (Å²) in [5.41, 5.74) is 1.26. The molecule has 1 aromatic carbocycles. The van der Waals surface area contributed by atoms with Gasteiger partial charge in [-0.1, -0.05) is 13.0 Å². The molecule has 1 unspecified atom stereocenters. The molecule has 2 amide bonds. The maximum absolute atomic E-state index is 12.7. The summed E-state index contributed by atoms with van der Waals surface area (Å²) >= 11 is 0. The first-order valence-corrected chi connectivity index (χ1v) is 8.71. The fourth-order valence-corrected chi connectivity index (χ4v) is 3.19. The molecule has 3 rings (SSSR count). The third-order valence-corrected chi connectivity index (χ3v) is 4.71. The number of ether oxygens (including phenoxy) is 1. The van der Waals surface area contributed by atoms with Crippen LogP contribution in [0.2, 0.25) is 0 Å². The molecule has 1 aromatic rings. The quantitative estimate of drug-likeness (QED) is 0.910. The Morgan fingerprint density at radius 1 is 1.25 bits per heavy atom. The van der Waals surface area contributed by atoms with E-state index >= 15 is 0 Å². The van der Waals surface area contributed by atoms with Crippen LogP contribution >= 0.6 is 0 Å². The van der Waals surface area contributed by atoms with E-state index in [0.29, 0.717) is 17.9 Å². The fraction of sp³-hybridized carbons (Fsp3) is 0.556. The van der Waals surface area contributed by atoms with Crippen molar-refractivity contribution in [3.8, 4) is 0 Å². The first-order chi connectivity index (χ1) is 11.7. The van der Waals surface area contributed by atoms with Gasteiger partial charge in [-0.15, -0.1) is 0 Å². The summed E-state index contributed by atoms with van der Waals surface area (Å²) in [6, 6.07) is 7.16. The molecule has 1 atom stereocenters. The lowest BCUT2D eigenvalue weighted by Crippen LogP contribution is -2.48. The van der Waals surface area contributed by atoms with Crippen LogP contribution in [0.15, 0.2) is 24.3 Å². The smallest absolute Gasteiger partial charge is 0.254 e. The number of nitrogens with zero attached hydrogens (tertiary/aromatic N) is 2.